The zero-order chi connectivity index (χ0) is 22.5. The number of hydrogen-bond donors (Lipinski definition) is 1. The van der Waals surface area contributed by atoms with Crippen molar-refractivity contribution in [3.05, 3.63) is 64.6 Å². The van der Waals surface area contributed by atoms with Crippen molar-refractivity contribution in [1.29, 1.82) is 0 Å². The highest BCUT2D eigenvalue weighted by Gasteiger charge is 2.38. The Labute approximate surface area is 181 Å². The van der Waals surface area contributed by atoms with Gasteiger partial charge in [0, 0.05) is 56.5 Å². The first-order chi connectivity index (χ1) is 15.3. The van der Waals surface area contributed by atoms with Gasteiger partial charge < -0.3 is 5.32 Å². The molecule has 5 rings (SSSR count). The minimum atomic E-state index is -4.59. The second kappa shape index (κ2) is 8.08. The maximum atomic E-state index is 14.2. The van der Waals surface area contributed by atoms with E-state index in [2.05, 4.69) is 15.5 Å². The van der Waals surface area contributed by atoms with Gasteiger partial charge >= 0.3 is 6.18 Å². The molecule has 0 spiro atoms. The Kier molecular flexibility index (Phi) is 5.37. The fraction of sp³-hybridized carbons (Fsp3) is 0.455. The van der Waals surface area contributed by atoms with Gasteiger partial charge in [-0.15, -0.1) is 10.2 Å². The Bertz CT molecular complexity index is 1140. The lowest BCUT2D eigenvalue weighted by Gasteiger charge is -2.34. The summed E-state index contributed by atoms with van der Waals surface area (Å²) in [7, 11) is 0. The number of nitrogens with one attached hydrogen (secondary N) is 1. The molecular formula is C22H22F5N5. The number of rotatable bonds is 5. The SMILES string of the molecule is Fc1ccc([C@@H]2CN(Cc3ccn4c(CC5CC5)nnc4c3C(F)(F)F)CCN2)c(F)c1. The van der Waals surface area contributed by atoms with E-state index in [9.17, 15) is 22.0 Å². The number of piperazine rings is 1. The van der Waals surface area contributed by atoms with Crippen molar-refractivity contribution in [1.82, 2.24) is 24.8 Å². The molecule has 3 heterocycles. The summed E-state index contributed by atoms with van der Waals surface area (Å²) in [5.41, 5.74) is -0.556. The van der Waals surface area contributed by atoms with Gasteiger partial charge in [-0.25, -0.2) is 8.78 Å². The Morgan fingerprint density at radius 3 is 2.62 bits per heavy atom. The third kappa shape index (κ3) is 4.21. The summed E-state index contributed by atoms with van der Waals surface area (Å²) >= 11 is 0. The van der Waals surface area contributed by atoms with Gasteiger partial charge in [-0.2, -0.15) is 13.2 Å². The third-order valence-electron chi connectivity index (χ3n) is 6.18. The van der Waals surface area contributed by atoms with Crippen molar-refractivity contribution in [2.75, 3.05) is 19.6 Å². The maximum Gasteiger partial charge on any atom is 0.420 e. The largest absolute Gasteiger partial charge is 0.420 e. The maximum absolute atomic E-state index is 14.2. The van der Waals surface area contributed by atoms with Crippen molar-refractivity contribution in [3.8, 4) is 0 Å². The normalized spacial score (nSPS) is 20.2. The molecule has 1 aliphatic heterocycles. The Morgan fingerprint density at radius 2 is 1.91 bits per heavy atom. The number of benzene rings is 1. The predicted molar refractivity (Wildman–Crippen MR) is 107 cm³/mol. The fourth-order valence-corrected chi connectivity index (χ4v) is 4.39. The van der Waals surface area contributed by atoms with E-state index < -0.39 is 29.4 Å². The minimum Gasteiger partial charge on any atom is -0.307 e. The second-order valence-corrected chi connectivity index (χ2v) is 8.58. The standard InChI is InChI=1S/C22H22F5N5/c23-15-3-4-16(17(24)10-15)18-12-31(8-6-28-18)11-14-5-7-32-19(9-13-1-2-13)29-30-21(32)20(14)22(25,26)27/h3-5,7,10,13,18,28H,1-2,6,8-9,11-12H2/t18-/m0/s1. The lowest BCUT2D eigenvalue weighted by Crippen LogP contribution is -2.45. The lowest BCUT2D eigenvalue weighted by atomic mass is 10.0. The topological polar surface area (TPSA) is 45.5 Å². The number of halogens is 5. The van der Waals surface area contributed by atoms with E-state index in [0.29, 0.717) is 43.4 Å². The van der Waals surface area contributed by atoms with Crippen molar-refractivity contribution >= 4 is 5.65 Å². The van der Waals surface area contributed by atoms with Crippen LogP contribution in [0.15, 0.2) is 30.5 Å². The molecular weight excluding hydrogens is 429 g/mol. The van der Waals surface area contributed by atoms with Crippen molar-refractivity contribution in [2.45, 2.75) is 38.0 Å². The minimum absolute atomic E-state index is 0.0388. The summed E-state index contributed by atoms with van der Waals surface area (Å²) in [4.78, 5) is 1.84. The first kappa shape index (κ1) is 21.3. The molecule has 2 fully saturated rings. The molecule has 5 nitrogen and oxygen atoms in total. The second-order valence-electron chi connectivity index (χ2n) is 8.58. The first-order valence-electron chi connectivity index (χ1n) is 10.6. The van der Waals surface area contributed by atoms with Crippen LogP contribution in [0, 0.1) is 17.6 Å². The van der Waals surface area contributed by atoms with E-state index in [1.54, 1.807) is 6.20 Å². The van der Waals surface area contributed by atoms with Crippen LogP contribution in [0.1, 0.15) is 41.4 Å². The van der Waals surface area contributed by atoms with Gasteiger partial charge in [-0.3, -0.25) is 9.30 Å². The van der Waals surface area contributed by atoms with E-state index in [0.717, 1.165) is 18.9 Å². The van der Waals surface area contributed by atoms with Gasteiger partial charge in [-0.05, 0) is 36.5 Å². The molecule has 170 valence electrons. The van der Waals surface area contributed by atoms with Crippen molar-refractivity contribution < 1.29 is 22.0 Å². The average Bonchev–Trinajstić information content (AvgIpc) is 3.46. The van der Waals surface area contributed by atoms with E-state index in [1.807, 2.05) is 4.90 Å². The molecule has 1 aromatic carbocycles. The van der Waals surface area contributed by atoms with Gasteiger partial charge in [0.2, 0.25) is 0 Å². The summed E-state index contributed by atoms with van der Waals surface area (Å²) in [6.07, 6.45) is -0.217. The molecule has 3 aromatic rings. The summed E-state index contributed by atoms with van der Waals surface area (Å²) in [5.74, 6) is -0.320. The molecule has 2 aromatic heterocycles. The zero-order valence-electron chi connectivity index (χ0n) is 17.2. The molecule has 0 radical (unpaired) electrons. The van der Waals surface area contributed by atoms with Crippen LogP contribution < -0.4 is 5.32 Å². The molecule has 1 saturated carbocycles. The summed E-state index contributed by atoms with van der Waals surface area (Å²) in [6, 6.07) is 4.40. The van der Waals surface area contributed by atoms with Crippen LogP contribution >= 0.6 is 0 Å². The quantitative estimate of drug-likeness (QED) is 0.593. The summed E-state index contributed by atoms with van der Waals surface area (Å²) in [6.45, 7) is 1.31. The van der Waals surface area contributed by atoms with Gasteiger partial charge in [-0.1, -0.05) is 6.07 Å². The highest BCUT2D eigenvalue weighted by molar-refractivity contribution is 5.53. The van der Waals surface area contributed by atoms with Crippen LogP contribution in [0.2, 0.25) is 0 Å². The smallest absolute Gasteiger partial charge is 0.307 e. The van der Waals surface area contributed by atoms with E-state index in [-0.39, 0.29) is 17.8 Å². The number of fused-ring (bicyclic) bond motifs is 1. The Balaban J connectivity index is 1.42. The molecule has 0 amide bonds. The van der Waals surface area contributed by atoms with Gasteiger partial charge in [0.1, 0.15) is 23.0 Å². The summed E-state index contributed by atoms with van der Waals surface area (Å²) < 4.78 is 71.1. The summed E-state index contributed by atoms with van der Waals surface area (Å²) in [5, 5.41) is 11.1. The molecule has 32 heavy (non-hydrogen) atoms. The van der Waals surface area contributed by atoms with Gasteiger partial charge in [0.15, 0.2) is 5.65 Å². The molecule has 10 heteroatoms. The van der Waals surface area contributed by atoms with Gasteiger partial charge in [0.25, 0.3) is 0 Å². The van der Waals surface area contributed by atoms with Gasteiger partial charge in [0.05, 0.1) is 0 Å². The molecule has 1 atom stereocenters. The Hall–Kier alpha value is -2.59. The van der Waals surface area contributed by atoms with Crippen LogP contribution in [-0.4, -0.2) is 39.1 Å². The van der Waals surface area contributed by atoms with E-state index >= 15 is 0 Å². The first-order valence-corrected chi connectivity index (χ1v) is 10.6. The molecule has 0 unspecified atom stereocenters. The van der Waals surface area contributed by atoms with Crippen LogP contribution in [0.4, 0.5) is 22.0 Å². The molecule has 1 aliphatic carbocycles. The van der Waals surface area contributed by atoms with Crippen molar-refractivity contribution in [3.63, 3.8) is 0 Å². The highest BCUT2D eigenvalue weighted by atomic mass is 19.4. The molecule has 0 bridgehead atoms. The highest BCUT2D eigenvalue weighted by Crippen LogP contribution is 2.37. The number of nitrogens with zero attached hydrogens (tertiary/aromatic N) is 4. The third-order valence-corrected chi connectivity index (χ3v) is 6.18. The monoisotopic (exact) mass is 451 g/mol. The molecule has 1 N–H and O–H groups in total. The molecule has 1 saturated heterocycles. The number of pyridine rings is 1. The van der Waals surface area contributed by atoms with Crippen LogP contribution in [-0.2, 0) is 19.1 Å². The molecule has 2 aliphatic rings. The zero-order valence-corrected chi connectivity index (χ0v) is 17.2. The van der Waals surface area contributed by atoms with E-state index in [1.165, 1.54) is 22.6 Å². The lowest BCUT2D eigenvalue weighted by molar-refractivity contribution is -0.137. The van der Waals surface area contributed by atoms with Crippen molar-refractivity contribution in [2.24, 2.45) is 5.92 Å². The van der Waals surface area contributed by atoms with Crippen LogP contribution in [0.3, 0.4) is 0 Å². The van der Waals surface area contributed by atoms with E-state index in [4.69, 9.17) is 0 Å². The number of alkyl halides is 3. The Morgan fingerprint density at radius 1 is 1.09 bits per heavy atom. The number of aromatic nitrogens is 3. The van der Waals surface area contributed by atoms with Crippen LogP contribution in [0.25, 0.3) is 5.65 Å². The van der Waals surface area contributed by atoms with Crippen LogP contribution in [0.5, 0.6) is 0 Å². The number of hydrogen-bond acceptors (Lipinski definition) is 4. The average molecular weight is 451 g/mol. The fourth-order valence-electron chi connectivity index (χ4n) is 4.39. The predicted octanol–water partition coefficient (Wildman–Crippen LogP) is 4.13.